The van der Waals surface area contributed by atoms with Gasteiger partial charge in [-0.25, -0.2) is 0 Å². The first kappa shape index (κ1) is 14.0. The molecular weight excluding hydrogens is 230 g/mol. The lowest BCUT2D eigenvalue weighted by atomic mass is 10.1. The largest absolute Gasteiger partial charge is 0.399 e. The normalized spacial score (nSPS) is 11.7. The number of likely N-dealkylation sites (N-methyl/N-ethyl adjacent to an activating group) is 1. The monoisotopic (exact) mass is 249 g/mol. The highest BCUT2D eigenvalue weighted by atomic mass is 16.2. The fraction of sp³-hybridized carbons (Fsp3) is 0.385. The summed E-state index contributed by atoms with van der Waals surface area (Å²) >= 11 is 0. The van der Waals surface area contributed by atoms with E-state index in [1.807, 2.05) is 13.8 Å². The summed E-state index contributed by atoms with van der Waals surface area (Å²) in [6.07, 6.45) is 0. The van der Waals surface area contributed by atoms with E-state index >= 15 is 0 Å². The highest BCUT2D eigenvalue weighted by Crippen LogP contribution is 2.11. The quantitative estimate of drug-likeness (QED) is 0.691. The second-order valence-corrected chi connectivity index (χ2v) is 4.22. The lowest BCUT2D eigenvalue weighted by Crippen LogP contribution is -2.44. The molecule has 5 nitrogen and oxygen atoms in total. The Kier molecular flexibility index (Phi) is 4.71. The minimum atomic E-state index is -0.570. The maximum absolute atomic E-state index is 11.9. The van der Waals surface area contributed by atoms with Gasteiger partial charge in [0, 0.05) is 17.8 Å². The fourth-order valence-corrected chi connectivity index (χ4v) is 1.62. The van der Waals surface area contributed by atoms with Gasteiger partial charge in [0.25, 0.3) is 5.91 Å². The van der Waals surface area contributed by atoms with E-state index in [4.69, 9.17) is 5.73 Å². The van der Waals surface area contributed by atoms with Gasteiger partial charge < -0.3 is 16.4 Å². The van der Waals surface area contributed by atoms with Crippen molar-refractivity contribution in [1.29, 1.82) is 0 Å². The average molecular weight is 249 g/mol. The molecule has 0 fully saturated rings. The number of nitrogens with one attached hydrogen (secondary N) is 2. The molecule has 0 spiro atoms. The molecule has 0 aromatic heterocycles. The van der Waals surface area contributed by atoms with Crippen molar-refractivity contribution in [2.45, 2.75) is 26.8 Å². The maximum atomic E-state index is 11.9. The Hall–Kier alpha value is -2.04. The molecule has 0 aliphatic carbocycles. The standard InChI is InChI=1S/C13H19N3O2/c1-4-15-12(17)9(3)16-13(18)10-5-8(2)6-11(14)7-10/h5-7,9H,4,14H2,1-3H3,(H,15,17)(H,16,18). The second-order valence-electron chi connectivity index (χ2n) is 4.22. The van der Waals surface area contributed by atoms with E-state index in [1.165, 1.54) is 0 Å². The number of nitrogens with two attached hydrogens (primary N) is 1. The van der Waals surface area contributed by atoms with Crippen LogP contribution >= 0.6 is 0 Å². The zero-order valence-corrected chi connectivity index (χ0v) is 10.9. The summed E-state index contributed by atoms with van der Waals surface area (Å²) in [7, 11) is 0. The van der Waals surface area contributed by atoms with Crippen LogP contribution in [0.5, 0.6) is 0 Å². The average Bonchev–Trinajstić information content (AvgIpc) is 2.27. The van der Waals surface area contributed by atoms with Crippen LogP contribution in [-0.4, -0.2) is 24.4 Å². The smallest absolute Gasteiger partial charge is 0.252 e. The molecule has 18 heavy (non-hydrogen) atoms. The number of hydrogen-bond acceptors (Lipinski definition) is 3. The van der Waals surface area contributed by atoms with Gasteiger partial charge in [0.2, 0.25) is 5.91 Å². The molecule has 1 unspecified atom stereocenters. The van der Waals surface area contributed by atoms with Crippen LogP contribution in [0.1, 0.15) is 29.8 Å². The molecule has 0 saturated carbocycles. The zero-order valence-electron chi connectivity index (χ0n) is 10.9. The van der Waals surface area contributed by atoms with E-state index < -0.39 is 6.04 Å². The van der Waals surface area contributed by atoms with Crippen LogP contribution in [0.25, 0.3) is 0 Å². The highest BCUT2D eigenvalue weighted by molar-refractivity contribution is 5.98. The Bertz CT molecular complexity index is 437. The summed E-state index contributed by atoms with van der Waals surface area (Å²) in [5.41, 5.74) is 7.58. The maximum Gasteiger partial charge on any atom is 0.252 e. The van der Waals surface area contributed by atoms with Crippen LogP contribution in [-0.2, 0) is 4.79 Å². The number of benzene rings is 1. The number of rotatable bonds is 4. The Labute approximate surface area is 107 Å². The lowest BCUT2D eigenvalue weighted by Gasteiger charge is -2.13. The van der Waals surface area contributed by atoms with Gasteiger partial charge in [-0.2, -0.15) is 0 Å². The van der Waals surface area contributed by atoms with Gasteiger partial charge in [0.05, 0.1) is 0 Å². The van der Waals surface area contributed by atoms with Crippen LogP contribution in [0.15, 0.2) is 18.2 Å². The predicted octanol–water partition coefficient (Wildman–Crippen LogP) is 0.832. The number of nitrogen functional groups attached to an aromatic ring is 1. The van der Waals surface area contributed by atoms with Crippen molar-refractivity contribution in [3.8, 4) is 0 Å². The second kappa shape index (κ2) is 6.05. The summed E-state index contributed by atoms with van der Waals surface area (Å²) in [4.78, 5) is 23.4. The van der Waals surface area contributed by atoms with Gasteiger partial charge in [-0.1, -0.05) is 0 Å². The SMILES string of the molecule is CCNC(=O)C(C)NC(=O)c1cc(C)cc(N)c1. The molecular formula is C13H19N3O2. The fourth-order valence-electron chi connectivity index (χ4n) is 1.62. The zero-order chi connectivity index (χ0) is 13.7. The number of amides is 2. The lowest BCUT2D eigenvalue weighted by molar-refractivity contribution is -0.122. The van der Waals surface area contributed by atoms with Crippen LogP contribution < -0.4 is 16.4 Å². The number of hydrogen-bond donors (Lipinski definition) is 3. The number of carbonyl (C=O) groups is 2. The number of aryl methyl sites for hydroxylation is 1. The van der Waals surface area contributed by atoms with Crippen molar-refractivity contribution in [3.05, 3.63) is 29.3 Å². The van der Waals surface area contributed by atoms with E-state index in [-0.39, 0.29) is 11.8 Å². The van der Waals surface area contributed by atoms with Gasteiger partial charge in [0.1, 0.15) is 6.04 Å². The minimum absolute atomic E-state index is 0.202. The van der Waals surface area contributed by atoms with Crippen molar-refractivity contribution in [3.63, 3.8) is 0 Å². The van der Waals surface area contributed by atoms with Gasteiger partial charge in [0.15, 0.2) is 0 Å². The molecule has 0 bridgehead atoms. The molecule has 2 amide bonds. The molecule has 1 aromatic carbocycles. The van der Waals surface area contributed by atoms with Gasteiger partial charge in [-0.05, 0) is 44.5 Å². The van der Waals surface area contributed by atoms with E-state index in [0.717, 1.165) is 5.56 Å². The third kappa shape index (κ3) is 3.76. The van der Waals surface area contributed by atoms with E-state index in [1.54, 1.807) is 25.1 Å². The van der Waals surface area contributed by atoms with Crippen LogP contribution in [0.2, 0.25) is 0 Å². The van der Waals surface area contributed by atoms with Crippen molar-refractivity contribution in [1.82, 2.24) is 10.6 Å². The molecule has 4 N–H and O–H groups in total. The highest BCUT2D eigenvalue weighted by Gasteiger charge is 2.16. The molecule has 1 rings (SSSR count). The third-order valence-corrected chi connectivity index (χ3v) is 2.45. The van der Waals surface area contributed by atoms with Crippen LogP contribution in [0.4, 0.5) is 5.69 Å². The summed E-state index contributed by atoms with van der Waals surface area (Å²) in [6, 6.07) is 4.53. The van der Waals surface area contributed by atoms with Crippen molar-refractivity contribution in [2.24, 2.45) is 0 Å². The molecule has 5 heteroatoms. The molecule has 0 aliphatic rings. The number of carbonyl (C=O) groups excluding carboxylic acids is 2. The van der Waals surface area contributed by atoms with E-state index in [0.29, 0.717) is 17.8 Å². The Morgan fingerprint density at radius 2 is 2.00 bits per heavy atom. The van der Waals surface area contributed by atoms with Gasteiger partial charge in [-0.3, -0.25) is 9.59 Å². The first-order chi connectivity index (χ1) is 8.43. The molecule has 0 aliphatic heterocycles. The van der Waals surface area contributed by atoms with E-state index in [2.05, 4.69) is 10.6 Å². The Balaban J connectivity index is 2.73. The third-order valence-electron chi connectivity index (χ3n) is 2.45. The van der Waals surface area contributed by atoms with Crippen LogP contribution in [0.3, 0.4) is 0 Å². The van der Waals surface area contributed by atoms with Crippen molar-refractivity contribution < 1.29 is 9.59 Å². The van der Waals surface area contributed by atoms with Crippen molar-refractivity contribution in [2.75, 3.05) is 12.3 Å². The van der Waals surface area contributed by atoms with Crippen molar-refractivity contribution >= 4 is 17.5 Å². The van der Waals surface area contributed by atoms with Gasteiger partial charge in [-0.15, -0.1) is 0 Å². The van der Waals surface area contributed by atoms with Crippen LogP contribution in [0, 0.1) is 6.92 Å². The molecule has 0 saturated heterocycles. The topological polar surface area (TPSA) is 84.2 Å². The minimum Gasteiger partial charge on any atom is -0.399 e. The summed E-state index contributed by atoms with van der Waals surface area (Å²) in [6.45, 7) is 5.87. The Morgan fingerprint density at radius 3 is 2.56 bits per heavy atom. The Morgan fingerprint density at radius 1 is 1.33 bits per heavy atom. The molecule has 98 valence electrons. The van der Waals surface area contributed by atoms with Gasteiger partial charge >= 0.3 is 0 Å². The summed E-state index contributed by atoms with van der Waals surface area (Å²) in [5, 5.41) is 5.28. The van der Waals surface area contributed by atoms with E-state index in [9.17, 15) is 9.59 Å². The molecule has 0 heterocycles. The first-order valence-corrected chi connectivity index (χ1v) is 5.89. The molecule has 1 atom stereocenters. The molecule has 0 radical (unpaired) electrons. The summed E-state index contributed by atoms with van der Waals surface area (Å²) in [5.74, 6) is -0.504. The molecule has 1 aromatic rings. The number of anilines is 1. The summed E-state index contributed by atoms with van der Waals surface area (Å²) < 4.78 is 0. The predicted molar refractivity (Wildman–Crippen MR) is 71.2 cm³/mol. The first-order valence-electron chi connectivity index (χ1n) is 5.89.